The maximum absolute atomic E-state index is 13.1. The van der Waals surface area contributed by atoms with Crippen molar-refractivity contribution in [2.45, 2.75) is 25.9 Å². The monoisotopic (exact) mass is 471 g/mol. The van der Waals surface area contributed by atoms with Gasteiger partial charge in [-0.3, -0.25) is 9.78 Å². The van der Waals surface area contributed by atoms with Crippen LogP contribution in [0.3, 0.4) is 0 Å². The molecule has 1 aliphatic rings. The Kier molecular flexibility index (Phi) is 6.14. The third-order valence-electron chi connectivity index (χ3n) is 5.37. The highest BCUT2D eigenvalue weighted by molar-refractivity contribution is 6.21. The summed E-state index contributed by atoms with van der Waals surface area (Å²) in [5.41, 5.74) is 2.49. The van der Waals surface area contributed by atoms with Gasteiger partial charge in [0.15, 0.2) is 0 Å². The van der Waals surface area contributed by atoms with Gasteiger partial charge in [0.1, 0.15) is 17.5 Å². The number of urea groups is 1. The molecule has 0 radical (unpaired) electrons. The number of anilines is 1. The van der Waals surface area contributed by atoms with E-state index in [1.54, 1.807) is 26.3 Å². The Bertz CT molecular complexity index is 1200. The van der Waals surface area contributed by atoms with Crippen LogP contribution in [-0.4, -0.2) is 41.3 Å². The van der Waals surface area contributed by atoms with Crippen molar-refractivity contribution in [3.63, 3.8) is 0 Å². The van der Waals surface area contributed by atoms with E-state index in [4.69, 9.17) is 4.74 Å². The molecule has 0 N–H and O–H groups in total. The quantitative estimate of drug-likeness (QED) is 0.473. The van der Waals surface area contributed by atoms with Crippen LogP contribution in [0.4, 0.5) is 23.7 Å². The maximum atomic E-state index is 13.1. The highest BCUT2D eigenvalue weighted by Gasteiger charge is 2.43. The van der Waals surface area contributed by atoms with Crippen molar-refractivity contribution in [2.75, 3.05) is 12.0 Å². The number of imide groups is 1. The van der Waals surface area contributed by atoms with Gasteiger partial charge in [0.05, 0.1) is 18.5 Å². The Morgan fingerprint density at radius 3 is 2.24 bits per heavy atom. The van der Waals surface area contributed by atoms with Gasteiger partial charge in [-0.05, 0) is 73.2 Å². The molecule has 1 saturated heterocycles. The van der Waals surface area contributed by atoms with Crippen molar-refractivity contribution < 1.29 is 32.2 Å². The zero-order valence-corrected chi connectivity index (χ0v) is 18.2. The van der Waals surface area contributed by atoms with Crippen molar-refractivity contribution in [1.29, 1.82) is 0 Å². The molecule has 1 atom stereocenters. The zero-order valence-electron chi connectivity index (χ0n) is 18.2. The minimum atomic E-state index is -4.83. The number of methoxy groups -OCH3 is 1. The minimum absolute atomic E-state index is 0.156. The Balaban J connectivity index is 1.52. The average Bonchev–Trinajstić information content (AvgIpc) is 3.02. The molecule has 2 aromatic carbocycles. The number of rotatable bonds is 6. The molecule has 2 heterocycles. The third kappa shape index (κ3) is 4.80. The smallest absolute Gasteiger partial charge is 0.497 e. The molecule has 0 saturated carbocycles. The van der Waals surface area contributed by atoms with E-state index >= 15 is 0 Å². The summed E-state index contributed by atoms with van der Waals surface area (Å²) < 4.78 is 46.2. The maximum Gasteiger partial charge on any atom is 0.573 e. The second-order valence-electron chi connectivity index (χ2n) is 7.58. The van der Waals surface area contributed by atoms with E-state index in [2.05, 4.69) is 9.72 Å². The van der Waals surface area contributed by atoms with Gasteiger partial charge in [-0.1, -0.05) is 0 Å². The highest BCUT2D eigenvalue weighted by Crippen LogP contribution is 2.30. The molecule has 1 fully saturated rings. The largest absolute Gasteiger partial charge is 0.573 e. The first-order valence-electron chi connectivity index (χ1n) is 10.3. The molecule has 34 heavy (non-hydrogen) atoms. The van der Waals surface area contributed by atoms with Gasteiger partial charge < -0.3 is 14.4 Å². The van der Waals surface area contributed by atoms with Gasteiger partial charge in [0, 0.05) is 18.3 Å². The number of nitrogens with zero attached hydrogens (tertiary/aromatic N) is 3. The van der Waals surface area contributed by atoms with Crippen molar-refractivity contribution >= 4 is 17.6 Å². The summed E-state index contributed by atoms with van der Waals surface area (Å²) in [7, 11) is 1.58. The normalized spacial score (nSPS) is 16.2. The first-order valence-corrected chi connectivity index (χ1v) is 10.3. The number of alkyl halides is 3. The molecule has 1 unspecified atom stereocenters. The van der Waals surface area contributed by atoms with Crippen LogP contribution >= 0.6 is 0 Å². The number of aromatic nitrogens is 1. The summed E-state index contributed by atoms with van der Waals surface area (Å²) in [5.74, 6) is -0.199. The topological polar surface area (TPSA) is 72.0 Å². The van der Waals surface area contributed by atoms with E-state index < -0.39 is 30.1 Å². The Labute approximate surface area is 193 Å². The van der Waals surface area contributed by atoms with Gasteiger partial charge in [-0.15, -0.1) is 13.2 Å². The fraction of sp³-hybridized carbons (Fsp3) is 0.208. The SMILES string of the molecule is COc1ccc(-c2cc(CN3C(=O)N(c4ccc(OC(F)(F)F)cc4)C(=O)C3C)ccn2)cc1. The van der Waals surface area contributed by atoms with Gasteiger partial charge in [0.25, 0.3) is 5.91 Å². The second-order valence-corrected chi connectivity index (χ2v) is 7.58. The average molecular weight is 471 g/mol. The van der Waals surface area contributed by atoms with Gasteiger partial charge in [-0.25, -0.2) is 9.69 Å². The summed E-state index contributed by atoms with van der Waals surface area (Å²) in [4.78, 5) is 32.6. The summed E-state index contributed by atoms with van der Waals surface area (Å²) in [6, 6.07) is 14.2. The van der Waals surface area contributed by atoms with Crippen LogP contribution in [0.2, 0.25) is 0 Å². The van der Waals surface area contributed by atoms with Gasteiger partial charge in [-0.2, -0.15) is 0 Å². The summed E-state index contributed by atoms with van der Waals surface area (Å²) in [6.07, 6.45) is -3.21. The van der Waals surface area contributed by atoms with Crippen LogP contribution in [0.1, 0.15) is 12.5 Å². The predicted octanol–water partition coefficient (Wildman–Crippen LogP) is 5.01. The zero-order chi connectivity index (χ0) is 24.5. The molecule has 3 aromatic rings. The number of amides is 3. The fourth-order valence-corrected chi connectivity index (χ4v) is 3.64. The summed E-state index contributed by atoms with van der Waals surface area (Å²) in [6.45, 7) is 1.76. The van der Waals surface area contributed by atoms with Crippen LogP contribution in [0.25, 0.3) is 11.3 Å². The standard InChI is InChI=1S/C24H20F3N3O4/c1-15-22(31)30(18-5-9-20(10-6-18)34-24(25,26)27)23(32)29(15)14-16-11-12-28-21(13-16)17-3-7-19(33-2)8-4-17/h3-13,15H,14H2,1-2H3. The molecule has 1 aromatic heterocycles. The molecular formula is C24H20F3N3O4. The predicted molar refractivity (Wildman–Crippen MR) is 117 cm³/mol. The molecule has 7 nitrogen and oxygen atoms in total. The van der Waals surface area contributed by atoms with Crippen molar-refractivity contribution in [1.82, 2.24) is 9.88 Å². The van der Waals surface area contributed by atoms with Gasteiger partial charge in [0.2, 0.25) is 0 Å². The fourth-order valence-electron chi connectivity index (χ4n) is 3.64. The minimum Gasteiger partial charge on any atom is -0.497 e. The lowest BCUT2D eigenvalue weighted by atomic mass is 10.1. The lowest BCUT2D eigenvalue weighted by molar-refractivity contribution is -0.274. The molecule has 1 aliphatic heterocycles. The number of carbonyl (C=O) groups is 2. The van der Waals surface area contributed by atoms with Crippen LogP contribution in [0, 0.1) is 0 Å². The van der Waals surface area contributed by atoms with Crippen molar-refractivity contribution in [2.24, 2.45) is 0 Å². The number of benzene rings is 2. The number of ether oxygens (including phenoxy) is 2. The Morgan fingerprint density at radius 2 is 1.62 bits per heavy atom. The first kappa shape index (κ1) is 23.1. The molecule has 3 amide bonds. The second kappa shape index (κ2) is 9.05. The van der Waals surface area contributed by atoms with Crippen LogP contribution in [-0.2, 0) is 11.3 Å². The summed E-state index contributed by atoms with van der Waals surface area (Å²) in [5, 5.41) is 0. The van der Waals surface area contributed by atoms with Crippen LogP contribution in [0.15, 0.2) is 66.9 Å². The van der Waals surface area contributed by atoms with Crippen molar-refractivity contribution in [3.05, 3.63) is 72.4 Å². The molecule has 10 heteroatoms. The number of pyridine rings is 1. The first-order chi connectivity index (χ1) is 16.2. The molecular weight excluding hydrogens is 451 g/mol. The molecule has 4 rings (SSSR count). The molecule has 0 bridgehead atoms. The van der Waals surface area contributed by atoms with Crippen LogP contribution < -0.4 is 14.4 Å². The Hall–Kier alpha value is -4.08. The van der Waals surface area contributed by atoms with Gasteiger partial charge >= 0.3 is 12.4 Å². The highest BCUT2D eigenvalue weighted by atomic mass is 19.4. The molecule has 0 aliphatic carbocycles. The third-order valence-corrected chi connectivity index (χ3v) is 5.37. The van der Waals surface area contributed by atoms with Crippen LogP contribution in [0.5, 0.6) is 11.5 Å². The lowest BCUT2D eigenvalue weighted by Gasteiger charge is -2.20. The lowest BCUT2D eigenvalue weighted by Crippen LogP contribution is -2.33. The van der Waals surface area contributed by atoms with E-state index in [-0.39, 0.29) is 12.2 Å². The number of hydrogen-bond acceptors (Lipinski definition) is 5. The Morgan fingerprint density at radius 1 is 0.971 bits per heavy atom. The van der Waals surface area contributed by atoms with E-state index in [9.17, 15) is 22.8 Å². The van der Waals surface area contributed by atoms with E-state index in [1.807, 2.05) is 30.3 Å². The van der Waals surface area contributed by atoms with E-state index in [1.165, 1.54) is 17.0 Å². The number of carbonyl (C=O) groups excluding carboxylic acids is 2. The number of halogens is 3. The molecule has 176 valence electrons. The van der Waals surface area contributed by atoms with E-state index in [0.29, 0.717) is 11.4 Å². The summed E-state index contributed by atoms with van der Waals surface area (Å²) >= 11 is 0. The van der Waals surface area contributed by atoms with Crippen molar-refractivity contribution in [3.8, 4) is 22.8 Å². The number of hydrogen-bond donors (Lipinski definition) is 0. The molecule has 0 spiro atoms. The van der Waals surface area contributed by atoms with E-state index in [0.717, 1.165) is 28.2 Å².